The first kappa shape index (κ1) is 32.3. The van der Waals surface area contributed by atoms with Gasteiger partial charge in [0.15, 0.2) is 0 Å². The summed E-state index contributed by atoms with van der Waals surface area (Å²) >= 11 is 0. The number of aromatic nitrogens is 2. The van der Waals surface area contributed by atoms with Gasteiger partial charge in [-0.3, -0.25) is 9.10 Å². The Balaban J connectivity index is 2.06. The Labute approximate surface area is 232 Å². The molecule has 0 radical (unpaired) electrons. The van der Waals surface area contributed by atoms with Gasteiger partial charge in [0.25, 0.3) is 5.91 Å². The van der Waals surface area contributed by atoms with Gasteiger partial charge in [-0.2, -0.15) is 18.2 Å². The number of hydrogen-bond acceptors (Lipinski definition) is 8. The molecule has 3 N–H and O–H groups in total. The highest BCUT2D eigenvalue weighted by Gasteiger charge is 2.35. The van der Waals surface area contributed by atoms with Crippen molar-refractivity contribution < 1.29 is 26.4 Å². The Morgan fingerprint density at radius 3 is 2.58 bits per heavy atom. The van der Waals surface area contributed by atoms with Crippen LogP contribution < -0.4 is 16.0 Å². The molecule has 2 rings (SSSR count). The minimum atomic E-state index is -4.70. The highest BCUT2D eigenvalue weighted by molar-refractivity contribution is 7.88. The number of carbonyl (C=O) groups is 1. The number of aliphatic imine (C=N–C) groups is 1. The third-order valence-electron chi connectivity index (χ3n) is 5.69. The van der Waals surface area contributed by atoms with Crippen molar-refractivity contribution in [1.29, 1.82) is 0 Å². The average Bonchev–Trinajstić information content (AvgIpc) is 2.89. The van der Waals surface area contributed by atoms with E-state index in [9.17, 15) is 26.4 Å². The van der Waals surface area contributed by atoms with Crippen molar-refractivity contribution >= 4 is 34.0 Å². The lowest BCUT2D eigenvalue weighted by atomic mass is 9.95. The number of rotatable bonds is 13. The van der Waals surface area contributed by atoms with E-state index in [1.54, 1.807) is 0 Å². The summed E-state index contributed by atoms with van der Waals surface area (Å²) in [5.74, 6) is -0.934. The fourth-order valence-electron chi connectivity index (χ4n) is 3.46. The predicted octanol–water partition coefficient (Wildman–Crippen LogP) is 4.38. The minimum absolute atomic E-state index is 0.0148. The molecule has 0 aromatic carbocycles. The largest absolute Gasteiger partial charge is 0.421 e. The number of halogens is 3. The van der Waals surface area contributed by atoms with E-state index in [-0.39, 0.29) is 35.7 Å². The summed E-state index contributed by atoms with van der Waals surface area (Å²) < 4.78 is 64.0. The molecule has 1 saturated carbocycles. The third kappa shape index (κ3) is 11.0. The lowest BCUT2D eigenvalue weighted by Crippen LogP contribution is -2.36. The lowest BCUT2D eigenvalue weighted by molar-refractivity contribution is -0.137. The lowest BCUT2D eigenvalue weighted by Gasteiger charge is -2.22. The summed E-state index contributed by atoms with van der Waals surface area (Å²) in [4.78, 5) is 24.0. The van der Waals surface area contributed by atoms with Crippen LogP contribution in [0.15, 0.2) is 72.2 Å². The first-order valence-electron chi connectivity index (χ1n) is 12.4. The van der Waals surface area contributed by atoms with Crippen molar-refractivity contribution in [3.05, 3.63) is 72.8 Å². The van der Waals surface area contributed by atoms with E-state index in [0.29, 0.717) is 6.20 Å². The maximum Gasteiger partial charge on any atom is 0.421 e. The second-order valence-corrected chi connectivity index (χ2v) is 11.0. The second kappa shape index (κ2) is 15.0. The fraction of sp³-hybridized carbons (Fsp3) is 0.385. The van der Waals surface area contributed by atoms with E-state index in [1.165, 1.54) is 43.6 Å². The van der Waals surface area contributed by atoms with Crippen molar-refractivity contribution in [2.75, 3.05) is 30.5 Å². The zero-order valence-corrected chi connectivity index (χ0v) is 23.2. The molecule has 10 nitrogen and oxygen atoms in total. The van der Waals surface area contributed by atoms with Gasteiger partial charge < -0.3 is 16.0 Å². The van der Waals surface area contributed by atoms with Crippen LogP contribution in [0.3, 0.4) is 0 Å². The zero-order chi connectivity index (χ0) is 29.8. The second-order valence-electron chi connectivity index (χ2n) is 8.91. The van der Waals surface area contributed by atoms with Crippen LogP contribution in [0.1, 0.15) is 37.7 Å². The van der Waals surface area contributed by atoms with Gasteiger partial charge in [0, 0.05) is 43.3 Å². The molecule has 1 aromatic rings. The Kier molecular flexibility index (Phi) is 12.1. The van der Waals surface area contributed by atoms with Crippen LogP contribution in [0.2, 0.25) is 0 Å². The van der Waals surface area contributed by atoms with Crippen molar-refractivity contribution in [2.24, 2.45) is 4.99 Å². The van der Waals surface area contributed by atoms with Crippen molar-refractivity contribution in [3.8, 4) is 0 Å². The topological polar surface area (TPSA) is 129 Å². The van der Waals surface area contributed by atoms with Gasteiger partial charge in [0.1, 0.15) is 17.7 Å². The molecule has 1 aliphatic rings. The molecule has 0 spiro atoms. The Bertz CT molecular complexity index is 1280. The molecule has 1 amide bonds. The van der Waals surface area contributed by atoms with Gasteiger partial charge in [0.05, 0.1) is 6.26 Å². The normalized spacial score (nSPS) is 15.5. The number of nitrogens with one attached hydrogen (secondary N) is 3. The monoisotopic (exact) mass is 581 g/mol. The maximum absolute atomic E-state index is 13.5. The zero-order valence-electron chi connectivity index (χ0n) is 22.4. The summed E-state index contributed by atoms with van der Waals surface area (Å²) in [5.41, 5.74) is -0.624. The number of alkyl halides is 3. The number of nitrogens with zero attached hydrogens (tertiary/aromatic N) is 4. The molecular weight excluding hydrogens is 547 g/mol. The van der Waals surface area contributed by atoms with Crippen molar-refractivity contribution in [2.45, 2.75) is 44.3 Å². The highest BCUT2D eigenvalue weighted by atomic mass is 32.2. The smallest absolute Gasteiger partial charge is 0.366 e. The van der Waals surface area contributed by atoms with Crippen LogP contribution in [-0.4, -0.2) is 60.8 Å². The van der Waals surface area contributed by atoms with Crippen LogP contribution in [0, 0.1) is 0 Å². The molecule has 0 saturated heterocycles. The molecule has 0 unspecified atom stereocenters. The molecule has 1 heterocycles. The standard InChI is InChI=1S/C26H34F3N7O3S/c1-5-20(16-19(2)24(37)33-21-12-8-6-9-13-21)34-25-32-17-22(26(27,28)29)23(35-25)31-15-11-7-10-14-30-18-36(3)40(4,38)39/h5,7,10-11,14,16-18,21H,1-2,6,8-9,12-13,15H2,3-4H3,(H,33,37)(H2,31,32,34,35)/b11-7+,14-10-,20-16+,30-18+. The summed E-state index contributed by atoms with van der Waals surface area (Å²) in [5, 5.41) is 8.31. The number of carbonyl (C=O) groups excluding carboxylic acids is 1. The molecule has 1 aliphatic carbocycles. The fourth-order valence-corrected chi connectivity index (χ4v) is 3.68. The molecule has 40 heavy (non-hydrogen) atoms. The molecule has 1 aromatic heterocycles. The number of allylic oxidation sites excluding steroid dienone is 3. The maximum atomic E-state index is 13.5. The van der Waals surface area contributed by atoms with E-state index < -0.39 is 27.6 Å². The Morgan fingerprint density at radius 2 is 1.95 bits per heavy atom. The van der Waals surface area contributed by atoms with Crippen LogP contribution in [0.4, 0.5) is 24.9 Å². The van der Waals surface area contributed by atoms with Gasteiger partial charge in [-0.25, -0.2) is 18.4 Å². The van der Waals surface area contributed by atoms with Gasteiger partial charge in [-0.1, -0.05) is 44.6 Å². The number of anilines is 2. The van der Waals surface area contributed by atoms with E-state index in [1.807, 2.05) is 0 Å². The van der Waals surface area contributed by atoms with Crippen LogP contribution in [-0.2, 0) is 21.0 Å². The minimum Gasteiger partial charge on any atom is -0.366 e. The Morgan fingerprint density at radius 1 is 1.25 bits per heavy atom. The molecule has 218 valence electrons. The SMILES string of the molecule is C=C/C(=C\C(=C)C(=O)NC1CCCCC1)Nc1ncc(C(F)(F)F)c(NC/C=C/C=C\N=C\N(C)S(C)(=O)=O)n1. The first-order chi connectivity index (χ1) is 18.8. The van der Waals surface area contributed by atoms with Crippen LogP contribution in [0.5, 0.6) is 0 Å². The van der Waals surface area contributed by atoms with Crippen molar-refractivity contribution in [1.82, 2.24) is 19.6 Å². The van der Waals surface area contributed by atoms with Gasteiger partial charge in [-0.05, 0) is 31.1 Å². The predicted molar refractivity (Wildman–Crippen MR) is 151 cm³/mol. The van der Waals surface area contributed by atoms with Crippen LogP contribution >= 0.6 is 0 Å². The number of sulfonamides is 1. The van der Waals surface area contributed by atoms with Gasteiger partial charge >= 0.3 is 6.18 Å². The number of hydrogen-bond donors (Lipinski definition) is 3. The van der Waals surface area contributed by atoms with Crippen molar-refractivity contribution in [3.63, 3.8) is 0 Å². The van der Waals surface area contributed by atoms with E-state index in [0.717, 1.165) is 49.0 Å². The van der Waals surface area contributed by atoms with Crippen LogP contribution in [0.25, 0.3) is 0 Å². The molecule has 1 fully saturated rings. The molecule has 14 heteroatoms. The molecular formula is C26H34F3N7O3S. The van der Waals surface area contributed by atoms with E-state index >= 15 is 0 Å². The summed E-state index contributed by atoms with van der Waals surface area (Å²) in [6, 6.07) is 0.0947. The molecule has 0 bridgehead atoms. The van der Waals surface area contributed by atoms with E-state index in [2.05, 4.69) is 44.1 Å². The average molecular weight is 582 g/mol. The van der Waals surface area contributed by atoms with Gasteiger partial charge in [0.2, 0.25) is 16.0 Å². The quantitative estimate of drug-likeness (QED) is 0.136. The number of amides is 1. The summed E-state index contributed by atoms with van der Waals surface area (Å²) in [7, 11) is -2.07. The summed E-state index contributed by atoms with van der Waals surface area (Å²) in [6.45, 7) is 7.43. The van der Waals surface area contributed by atoms with E-state index in [4.69, 9.17) is 0 Å². The Hall–Kier alpha value is -3.94. The molecule has 0 atom stereocenters. The molecule has 0 aliphatic heterocycles. The highest BCUT2D eigenvalue weighted by Crippen LogP contribution is 2.33. The summed E-state index contributed by atoms with van der Waals surface area (Å²) in [6.07, 6.45) is 11.8. The van der Waals surface area contributed by atoms with Gasteiger partial charge in [-0.15, -0.1) is 0 Å². The first-order valence-corrected chi connectivity index (χ1v) is 14.2. The third-order valence-corrected chi connectivity index (χ3v) is 6.83.